The molecule has 1 atom stereocenters. The molecule has 0 radical (unpaired) electrons. The van der Waals surface area contributed by atoms with Crippen LogP contribution in [-0.4, -0.2) is 54.1 Å². The van der Waals surface area contributed by atoms with Crippen LogP contribution in [0.15, 0.2) is 0 Å². The lowest BCUT2D eigenvalue weighted by Crippen LogP contribution is -2.42. The molecule has 21 heavy (non-hydrogen) atoms. The number of nitrogens with one attached hydrogen (secondary N) is 3. The van der Waals surface area contributed by atoms with E-state index in [1.165, 1.54) is 0 Å². The summed E-state index contributed by atoms with van der Waals surface area (Å²) in [6, 6.07) is 0.152. The van der Waals surface area contributed by atoms with E-state index >= 15 is 0 Å². The van der Waals surface area contributed by atoms with E-state index in [0.29, 0.717) is 30.8 Å². The van der Waals surface area contributed by atoms with E-state index in [2.05, 4.69) is 37.8 Å². The molecule has 1 amide bonds. The summed E-state index contributed by atoms with van der Waals surface area (Å²) in [6.07, 6.45) is 2.32. The summed E-state index contributed by atoms with van der Waals surface area (Å²) in [6.45, 7) is 3.50. The van der Waals surface area contributed by atoms with E-state index in [1.807, 2.05) is 19.0 Å². The van der Waals surface area contributed by atoms with Crippen molar-refractivity contribution in [1.82, 2.24) is 20.3 Å². The van der Waals surface area contributed by atoms with Gasteiger partial charge in [0.2, 0.25) is 23.8 Å². The number of nitrogens with zero attached hydrogens (tertiary/aromatic N) is 4. The summed E-state index contributed by atoms with van der Waals surface area (Å²) < 4.78 is 0. The van der Waals surface area contributed by atoms with Crippen molar-refractivity contribution in [2.24, 2.45) is 0 Å². The van der Waals surface area contributed by atoms with Gasteiger partial charge in [-0.15, -0.1) is 0 Å². The number of hydrogen-bond acceptors (Lipinski definition) is 7. The highest BCUT2D eigenvalue weighted by atomic mass is 16.1. The fraction of sp³-hybridized carbons (Fsp3) is 0.692. The number of anilines is 3. The van der Waals surface area contributed by atoms with Crippen molar-refractivity contribution in [2.45, 2.75) is 32.2 Å². The zero-order valence-corrected chi connectivity index (χ0v) is 12.8. The van der Waals surface area contributed by atoms with Gasteiger partial charge in [-0.2, -0.15) is 15.0 Å². The number of carbonyl (C=O) groups is 1. The summed E-state index contributed by atoms with van der Waals surface area (Å²) >= 11 is 0. The first-order valence-corrected chi connectivity index (χ1v) is 7.29. The van der Waals surface area contributed by atoms with Gasteiger partial charge in [0.1, 0.15) is 0 Å². The molecule has 1 saturated heterocycles. The standard InChI is InChI=1S/C13H23N7O/c1-4-7-14-11-17-12(19-13(18-11)20(2)3)16-9-5-6-10(21)15-8-9/h9H,4-8H2,1-3H3,(H,15,21)(H2,14,16,17,18,19). The molecule has 0 saturated carbocycles. The second-order valence-corrected chi connectivity index (χ2v) is 5.29. The molecule has 8 heteroatoms. The van der Waals surface area contributed by atoms with Crippen LogP contribution in [0.1, 0.15) is 26.2 Å². The minimum Gasteiger partial charge on any atom is -0.354 e. The molecular weight excluding hydrogens is 270 g/mol. The van der Waals surface area contributed by atoms with Gasteiger partial charge in [0, 0.05) is 39.6 Å². The highest BCUT2D eigenvalue weighted by Gasteiger charge is 2.19. The summed E-state index contributed by atoms with van der Waals surface area (Å²) in [5.74, 6) is 1.81. The lowest BCUT2D eigenvalue weighted by atomic mass is 10.1. The van der Waals surface area contributed by atoms with E-state index < -0.39 is 0 Å². The Bertz CT molecular complexity index is 481. The third kappa shape index (κ3) is 4.44. The maximum absolute atomic E-state index is 11.2. The smallest absolute Gasteiger partial charge is 0.231 e. The van der Waals surface area contributed by atoms with Crippen molar-refractivity contribution in [3.8, 4) is 0 Å². The molecule has 8 nitrogen and oxygen atoms in total. The zero-order valence-electron chi connectivity index (χ0n) is 12.8. The third-order valence-corrected chi connectivity index (χ3v) is 3.16. The molecule has 1 aliphatic heterocycles. The quantitative estimate of drug-likeness (QED) is 0.701. The Morgan fingerprint density at radius 1 is 1.29 bits per heavy atom. The molecule has 2 heterocycles. The van der Waals surface area contributed by atoms with E-state index in [4.69, 9.17) is 0 Å². The van der Waals surface area contributed by atoms with Gasteiger partial charge in [-0.05, 0) is 12.8 Å². The minimum absolute atomic E-state index is 0.1000. The molecule has 0 aliphatic carbocycles. The summed E-state index contributed by atoms with van der Waals surface area (Å²) in [5.41, 5.74) is 0. The largest absolute Gasteiger partial charge is 0.354 e. The Morgan fingerprint density at radius 2 is 2.05 bits per heavy atom. The van der Waals surface area contributed by atoms with Crippen LogP contribution >= 0.6 is 0 Å². The van der Waals surface area contributed by atoms with E-state index in [9.17, 15) is 4.79 Å². The predicted molar refractivity (Wildman–Crippen MR) is 82.6 cm³/mol. The van der Waals surface area contributed by atoms with Crippen molar-refractivity contribution in [2.75, 3.05) is 42.7 Å². The number of rotatable bonds is 6. The van der Waals surface area contributed by atoms with Gasteiger partial charge in [-0.3, -0.25) is 4.79 Å². The number of aromatic nitrogens is 3. The minimum atomic E-state index is 0.1000. The third-order valence-electron chi connectivity index (χ3n) is 3.16. The predicted octanol–water partition coefficient (Wildman–Crippen LogP) is 0.450. The zero-order chi connectivity index (χ0) is 15.2. The molecule has 1 unspecified atom stereocenters. The fourth-order valence-corrected chi connectivity index (χ4v) is 1.98. The molecule has 2 rings (SSSR count). The average Bonchev–Trinajstić information content (AvgIpc) is 2.47. The molecule has 1 aromatic rings. The van der Waals surface area contributed by atoms with Gasteiger partial charge in [0.15, 0.2) is 0 Å². The molecule has 1 aromatic heterocycles. The van der Waals surface area contributed by atoms with E-state index in [-0.39, 0.29) is 11.9 Å². The molecular formula is C13H23N7O. The van der Waals surface area contributed by atoms with Gasteiger partial charge in [0.05, 0.1) is 0 Å². The van der Waals surface area contributed by atoms with Crippen molar-refractivity contribution in [1.29, 1.82) is 0 Å². The van der Waals surface area contributed by atoms with E-state index in [1.54, 1.807) is 0 Å². The number of amides is 1. The van der Waals surface area contributed by atoms with Crippen molar-refractivity contribution >= 4 is 23.8 Å². The maximum atomic E-state index is 11.2. The molecule has 3 N–H and O–H groups in total. The van der Waals surface area contributed by atoms with Crippen LogP contribution in [0, 0.1) is 0 Å². The molecule has 0 bridgehead atoms. The van der Waals surface area contributed by atoms with Crippen molar-refractivity contribution < 1.29 is 4.79 Å². The second-order valence-electron chi connectivity index (χ2n) is 5.29. The normalized spacial score (nSPS) is 18.0. The lowest BCUT2D eigenvalue weighted by molar-refractivity contribution is -0.122. The Balaban J connectivity index is 2.09. The van der Waals surface area contributed by atoms with Gasteiger partial charge in [0.25, 0.3) is 0 Å². The maximum Gasteiger partial charge on any atom is 0.231 e. The molecule has 116 valence electrons. The van der Waals surface area contributed by atoms with Crippen LogP contribution in [-0.2, 0) is 4.79 Å². The topological polar surface area (TPSA) is 95.1 Å². The number of piperidine rings is 1. The first kappa shape index (κ1) is 15.3. The summed E-state index contributed by atoms with van der Waals surface area (Å²) in [5, 5.41) is 9.29. The molecule has 1 aliphatic rings. The van der Waals surface area contributed by atoms with Crippen LogP contribution in [0.5, 0.6) is 0 Å². The average molecular weight is 293 g/mol. The SMILES string of the molecule is CCCNc1nc(NC2CCC(=O)NC2)nc(N(C)C)n1. The molecule has 1 fully saturated rings. The van der Waals surface area contributed by atoms with Crippen LogP contribution < -0.4 is 20.9 Å². The second kappa shape index (κ2) is 7.05. The Labute approximate surface area is 124 Å². The van der Waals surface area contributed by atoms with Gasteiger partial charge in [-0.25, -0.2) is 0 Å². The van der Waals surface area contributed by atoms with Crippen LogP contribution in [0.3, 0.4) is 0 Å². The number of carbonyl (C=O) groups excluding carboxylic acids is 1. The first-order valence-electron chi connectivity index (χ1n) is 7.29. The first-order chi connectivity index (χ1) is 10.1. The van der Waals surface area contributed by atoms with Crippen molar-refractivity contribution in [3.05, 3.63) is 0 Å². The summed E-state index contributed by atoms with van der Waals surface area (Å²) in [4.78, 5) is 26.2. The van der Waals surface area contributed by atoms with Gasteiger partial charge in [-0.1, -0.05) is 6.92 Å². The van der Waals surface area contributed by atoms with Crippen LogP contribution in [0.25, 0.3) is 0 Å². The Kier molecular flexibility index (Phi) is 5.13. The van der Waals surface area contributed by atoms with Gasteiger partial charge < -0.3 is 20.9 Å². The number of hydrogen-bond donors (Lipinski definition) is 3. The van der Waals surface area contributed by atoms with Crippen LogP contribution in [0.4, 0.5) is 17.8 Å². The Morgan fingerprint density at radius 3 is 2.67 bits per heavy atom. The van der Waals surface area contributed by atoms with Gasteiger partial charge >= 0.3 is 0 Å². The monoisotopic (exact) mass is 293 g/mol. The van der Waals surface area contributed by atoms with Crippen molar-refractivity contribution in [3.63, 3.8) is 0 Å². The molecule has 0 spiro atoms. The summed E-state index contributed by atoms with van der Waals surface area (Å²) in [7, 11) is 3.78. The highest BCUT2D eigenvalue weighted by Crippen LogP contribution is 2.14. The van der Waals surface area contributed by atoms with Crippen LogP contribution in [0.2, 0.25) is 0 Å². The Hall–Kier alpha value is -2.12. The fourth-order valence-electron chi connectivity index (χ4n) is 1.98. The molecule has 0 aromatic carbocycles. The highest BCUT2D eigenvalue weighted by molar-refractivity contribution is 5.76. The van der Waals surface area contributed by atoms with E-state index in [0.717, 1.165) is 19.4 Å². The lowest BCUT2D eigenvalue weighted by Gasteiger charge is -2.24.